The summed E-state index contributed by atoms with van der Waals surface area (Å²) in [6, 6.07) is 21.3. The van der Waals surface area contributed by atoms with E-state index in [1.165, 1.54) is 22.3 Å². The van der Waals surface area contributed by atoms with Crippen molar-refractivity contribution in [3.05, 3.63) is 84.2 Å². The highest BCUT2D eigenvalue weighted by Crippen LogP contribution is 2.24. The fourth-order valence-electron chi connectivity index (χ4n) is 4.20. The molecule has 5 heteroatoms. The summed E-state index contributed by atoms with van der Waals surface area (Å²) in [7, 11) is 1.70. The first-order valence-corrected chi connectivity index (χ1v) is 11.4. The van der Waals surface area contributed by atoms with Gasteiger partial charge in [0.15, 0.2) is 0 Å². The Kier molecular flexibility index (Phi) is 8.26. The summed E-state index contributed by atoms with van der Waals surface area (Å²) in [5.74, 6) is 0.882. The lowest BCUT2D eigenvalue weighted by Gasteiger charge is -2.28. The number of nitrogens with zero attached hydrogens (tertiary/aromatic N) is 3. The Balaban J connectivity index is 1.43. The van der Waals surface area contributed by atoms with E-state index in [0.29, 0.717) is 0 Å². The summed E-state index contributed by atoms with van der Waals surface area (Å²) in [5.41, 5.74) is 5.03. The van der Waals surface area contributed by atoms with Crippen LogP contribution in [-0.4, -0.2) is 61.3 Å². The van der Waals surface area contributed by atoms with Crippen molar-refractivity contribution < 1.29 is 9.47 Å². The van der Waals surface area contributed by atoms with E-state index in [9.17, 15) is 0 Å². The summed E-state index contributed by atoms with van der Waals surface area (Å²) >= 11 is 0. The number of pyridine rings is 1. The van der Waals surface area contributed by atoms with E-state index >= 15 is 0 Å². The number of methoxy groups -OCH3 is 1. The lowest BCUT2D eigenvalue weighted by molar-refractivity contribution is 0.0359. The van der Waals surface area contributed by atoms with Crippen molar-refractivity contribution in [2.75, 3.05) is 46.5 Å². The van der Waals surface area contributed by atoms with Gasteiger partial charge in [0.1, 0.15) is 5.75 Å². The van der Waals surface area contributed by atoms with Crippen LogP contribution in [0.2, 0.25) is 0 Å². The van der Waals surface area contributed by atoms with Gasteiger partial charge in [-0.25, -0.2) is 0 Å². The van der Waals surface area contributed by atoms with Gasteiger partial charge in [0.25, 0.3) is 0 Å². The monoisotopic (exact) mass is 431 g/mol. The molecule has 32 heavy (non-hydrogen) atoms. The van der Waals surface area contributed by atoms with Crippen molar-refractivity contribution in [3.63, 3.8) is 0 Å². The Hall–Kier alpha value is -2.73. The number of hydrogen-bond donors (Lipinski definition) is 0. The Morgan fingerprint density at radius 2 is 1.72 bits per heavy atom. The number of hydrogen-bond acceptors (Lipinski definition) is 5. The highest BCUT2D eigenvalue weighted by molar-refractivity contribution is 5.64. The normalized spacial score (nSPS) is 14.6. The molecule has 0 bridgehead atoms. The summed E-state index contributed by atoms with van der Waals surface area (Å²) in [6.45, 7) is 7.82. The van der Waals surface area contributed by atoms with E-state index in [1.807, 2.05) is 30.6 Å². The summed E-state index contributed by atoms with van der Waals surface area (Å²) in [4.78, 5) is 9.35. The standard InChI is InChI=1S/C27H33N3O2/c1-31-27-10-8-25(9-11-27)26-7-2-5-23(19-26)21-30(22-24-6-3-12-28-20-24)14-4-13-29-15-17-32-18-16-29/h2-3,5-12,19-20H,4,13-18,21-22H2,1H3. The fourth-order valence-corrected chi connectivity index (χ4v) is 4.20. The second-order valence-electron chi connectivity index (χ2n) is 8.31. The third-order valence-corrected chi connectivity index (χ3v) is 5.94. The van der Waals surface area contributed by atoms with Crippen LogP contribution in [-0.2, 0) is 17.8 Å². The van der Waals surface area contributed by atoms with Crippen LogP contribution in [0.1, 0.15) is 17.5 Å². The van der Waals surface area contributed by atoms with Gasteiger partial charge in [0.05, 0.1) is 20.3 Å². The topological polar surface area (TPSA) is 37.8 Å². The van der Waals surface area contributed by atoms with Crippen LogP contribution in [0.25, 0.3) is 11.1 Å². The first-order chi connectivity index (χ1) is 15.8. The number of aromatic nitrogens is 1. The predicted molar refractivity (Wildman–Crippen MR) is 129 cm³/mol. The average Bonchev–Trinajstić information content (AvgIpc) is 2.85. The molecule has 0 radical (unpaired) electrons. The molecule has 0 amide bonds. The molecule has 2 heterocycles. The van der Waals surface area contributed by atoms with Crippen molar-refractivity contribution in [3.8, 4) is 16.9 Å². The van der Waals surface area contributed by atoms with Crippen LogP contribution < -0.4 is 4.74 Å². The van der Waals surface area contributed by atoms with Crippen molar-refractivity contribution in [2.24, 2.45) is 0 Å². The smallest absolute Gasteiger partial charge is 0.118 e. The minimum atomic E-state index is 0.859. The minimum Gasteiger partial charge on any atom is -0.497 e. The zero-order valence-electron chi connectivity index (χ0n) is 19.0. The molecule has 4 rings (SSSR count). The van der Waals surface area contributed by atoms with E-state index in [1.54, 1.807) is 7.11 Å². The molecule has 0 unspecified atom stereocenters. The third kappa shape index (κ3) is 6.63. The molecule has 0 atom stereocenters. The van der Waals surface area contributed by atoms with Gasteiger partial charge in [-0.2, -0.15) is 0 Å². The van der Waals surface area contributed by atoms with Crippen LogP contribution in [0.3, 0.4) is 0 Å². The molecule has 168 valence electrons. The zero-order valence-corrected chi connectivity index (χ0v) is 19.0. The van der Waals surface area contributed by atoms with E-state index in [0.717, 1.165) is 64.7 Å². The van der Waals surface area contributed by atoms with Gasteiger partial charge in [-0.3, -0.25) is 14.8 Å². The number of rotatable bonds is 10. The van der Waals surface area contributed by atoms with Crippen LogP contribution in [0.15, 0.2) is 73.1 Å². The first-order valence-electron chi connectivity index (χ1n) is 11.4. The van der Waals surface area contributed by atoms with Crippen molar-refractivity contribution in [2.45, 2.75) is 19.5 Å². The second-order valence-corrected chi connectivity index (χ2v) is 8.31. The van der Waals surface area contributed by atoms with Crippen LogP contribution in [0.4, 0.5) is 0 Å². The van der Waals surface area contributed by atoms with E-state index in [-0.39, 0.29) is 0 Å². The lowest BCUT2D eigenvalue weighted by Crippen LogP contribution is -2.38. The largest absolute Gasteiger partial charge is 0.497 e. The molecule has 0 N–H and O–H groups in total. The third-order valence-electron chi connectivity index (χ3n) is 5.94. The maximum absolute atomic E-state index is 5.48. The molecule has 1 saturated heterocycles. The van der Waals surface area contributed by atoms with Crippen LogP contribution >= 0.6 is 0 Å². The maximum Gasteiger partial charge on any atom is 0.118 e. The van der Waals surface area contributed by atoms with Gasteiger partial charge in [-0.1, -0.05) is 36.4 Å². The quantitative estimate of drug-likeness (QED) is 0.473. The van der Waals surface area contributed by atoms with Crippen LogP contribution in [0, 0.1) is 0 Å². The SMILES string of the molecule is COc1ccc(-c2cccc(CN(CCCN3CCOCC3)Cc3cccnc3)c2)cc1. The van der Waals surface area contributed by atoms with Crippen molar-refractivity contribution >= 4 is 0 Å². The van der Waals surface area contributed by atoms with Gasteiger partial charge in [-0.15, -0.1) is 0 Å². The number of ether oxygens (including phenoxy) is 2. The Morgan fingerprint density at radius 3 is 2.47 bits per heavy atom. The number of benzene rings is 2. The molecule has 0 spiro atoms. The van der Waals surface area contributed by atoms with Gasteiger partial charge in [0, 0.05) is 45.1 Å². The maximum atomic E-state index is 5.48. The lowest BCUT2D eigenvalue weighted by atomic mass is 10.0. The van der Waals surface area contributed by atoms with Gasteiger partial charge in [-0.05, 0) is 59.5 Å². The van der Waals surface area contributed by atoms with Crippen molar-refractivity contribution in [1.82, 2.24) is 14.8 Å². The van der Waals surface area contributed by atoms with E-state index in [2.05, 4.69) is 57.2 Å². The Morgan fingerprint density at radius 1 is 0.938 bits per heavy atom. The fraction of sp³-hybridized carbons (Fsp3) is 0.370. The molecule has 0 aliphatic carbocycles. The Bertz CT molecular complexity index is 941. The molecular weight excluding hydrogens is 398 g/mol. The molecule has 5 nitrogen and oxygen atoms in total. The summed E-state index contributed by atoms with van der Waals surface area (Å²) in [5, 5.41) is 0. The molecule has 1 aromatic heterocycles. The first kappa shape index (κ1) is 22.5. The molecule has 0 saturated carbocycles. The Labute approximate surface area is 191 Å². The van der Waals surface area contributed by atoms with E-state index < -0.39 is 0 Å². The molecular formula is C27H33N3O2. The number of morpholine rings is 1. The van der Waals surface area contributed by atoms with Gasteiger partial charge >= 0.3 is 0 Å². The van der Waals surface area contributed by atoms with Gasteiger partial charge < -0.3 is 9.47 Å². The van der Waals surface area contributed by atoms with E-state index in [4.69, 9.17) is 9.47 Å². The summed E-state index contributed by atoms with van der Waals surface area (Å²) in [6.07, 6.45) is 4.96. The zero-order chi connectivity index (χ0) is 22.0. The minimum absolute atomic E-state index is 0.859. The van der Waals surface area contributed by atoms with Crippen LogP contribution in [0.5, 0.6) is 5.75 Å². The second kappa shape index (κ2) is 11.8. The van der Waals surface area contributed by atoms with Crippen molar-refractivity contribution in [1.29, 1.82) is 0 Å². The van der Waals surface area contributed by atoms with Gasteiger partial charge in [0.2, 0.25) is 0 Å². The molecule has 1 fully saturated rings. The molecule has 2 aromatic carbocycles. The predicted octanol–water partition coefficient (Wildman–Crippen LogP) is 4.48. The molecule has 3 aromatic rings. The molecule has 1 aliphatic rings. The molecule has 1 aliphatic heterocycles. The highest BCUT2D eigenvalue weighted by Gasteiger charge is 2.12. The average molecular weight is 432 g/mol. The summed E-state index contributed by atoms with van der Waals surface area (Å²) < 4.78 is 10.8. The highest BCUT2D eigenvalue weighted by atomic mass is 16.5.